The zero-order chi connectivity index (χ0) is 12.5. The van der Waals surface area contributed by atoms with Crippen LogP contribution in [0, 0.1) is 5.92 Å². The molecule has 6 heteroatoms. The fourth-order valence-corrected chi connectivity index (χ4v) is 2.65. The first-order valence-corrected chi connectivity index (χ1v) is 6.37. The van der Waals surface area contributed by atoms with Crippen molar-refractivity contribution in [3.63, 3.8) is 0 Å². The summed E-state index contributed by atoms with van der Waals surface area (Å²) in [6, 6.07) is 0. The van der Waals surface area contributed by atoms with Gasteiger partial charge in [-0.1, -0.05) is 24.9 Å². The van der Waals surface area contributed by atoms with Crippen LogP contribution in [0.2, 0.25) is 0 Å². The monoisotopic (exact) mass is 247 g/mol. The zero-order valence-electron chi connectivity index (χ0n) is 10.4. The molecule has 2 unspecified atom stereocenters. The molecule has 2 atom stereocenters. The Morgan fingerprint density at radius 2 is 2.33 bits per heavy atom. The van der Waals surface area contributed by atoms with Gasteiger partial charge >= 0.3 is 0 Å². The summed E-state index contributed by atoms with van der Waals surface area (Å²) in [6.07, 6.45) is 6.43. The van der Waals surface area contributed by atoms with Gasteiger partial charge in [0.15, 0.2) is 5.82 Å². The van der Waals surface area contributed by atoms with Crippen LogP contribution in [0.1, 0.15) is 44.3 Å². The minimum atomic E-state index is 0.416. The number of nitrogen functional groups attached to an aromatic ring is 1. The number of hydrogen-bond acceptors (Lipinski definition) is 5. The zero-order valence-corrected chi connectivity index (χ0v) is 10.4. The van der Waals surface area contributed by atoms with Crippen LogP contribution in [-0.2, 0) is 0 Å². The van der Waals surface area contributed by atoms with Crippen molar-refractivity contribution in [1.82, 2.24) is 20.3 Å². The van der Waals surface area contributed by atoms with Crippen LogP contribution in [0.3, 0.4) is 0 Å². The number of nitrogens with one attached hydrogen (secondary N) is 1. The predicted molar refractivity (Wildman–Crippen MR) is 66.7 cm³/mol. The van der Waals surface area contributed by atoms with Gasteiger partial charge in [0.05, 0.1) is 6.20 Å². The number of anilines is 1. The summed E-state index contributed by atoms with van der Waals surface area (Å²) in [5.74, 6) is 2.87. The maximum atomic E-state index is 5.74. The molecule has 18 heavy (non-hydrogen) atoms. The molecule has 2 aromatic heterocycles. The standard InChI is InChI=1S/C12H17N5O/c1-7-3-2-4-8(5-7)11-15-12(18-17-11)9-6-14-16-10(9)13/h6-8H,2-5H2,1H3,(H3,13,14,16). The molecule has 96 valence electrons. The second kappa shape index (κ2) is 4.44. The summed E-state index contributed by atoms with van der Waals surface area (Å²) < 4.78 is 5.28. The lowest BCUT2D eigenvalue weighted by Crippen LogP contribution is -2.12. The van der Waals surface area contributed by atoms with Crippen LogP contribution < -0.4 is 5.73 Å². The van der Waals surface area contributed by atoms with E-state index >= 15 is 0 Å². The maximum Gasteiger partial charge on any atom is 0.263 e. The third-order valence-electron chi connectivity index (χ3n) is 3.64. The molecule has 0 saturated heterocycles. The van der Waals surface area contributed by atoms with Gasteiger partial charge in [-0.25, -0.2) is 0 Å². The highest BCUT2D eigenvalue weighted by Gasteiger charge is 2.25. The van der Waals surface area contributed by atoms with Gasteiger partial charge in [-0.15, -0.1) is 0 Å². The Kier molecular flexibility index (Phi) is 2.77. The van der Waals surface area contributed by atoms with Crippen molar-refractivity contribution >= 4 is 5.82 Å². The van der Waals surface area contributed by atoms with E-state index in [1.807, 2.05) is 0 Å². The third kappa shape index (κ3) is 1.98. The summed E-state index contributed by atoms with van der Waals surface area (Å²) in [5, 5.41) is 10.6. The van der Waals surface area contributed by atoms with Gasteiger partial charge in [-0.05, 0) is 18.8 Å². The molecule has 1 aliphatic carbocycles. The highest BCUT2D eigenvalue weighted by molar-refractivity contribution is 5.65. The fourth-order valence-electron chi connectivity index (χ4n) is 2.65. The van der Waals surface area contributed by atoms with E-state index in [4.69, 9.17) is 10.3 Å². The summed E-state index contributed by atoms with van der Waals surface area (Å²) >= 11 is 0. The lowest BCUT2D eigenvalue weighted by atomic mass is 9.82. The van der Waals surface area contributed by atoms with Crippen molar-refractivity contribution < 1.29 is 4.52 Å². The van der Waals surface area contributed by atoms with E-state index in [-0.39, 0.29) is 0 Å². The van der Waals surface area contributed by atoms with Crippen molar-refractivity contribution in [1.29, 1.82) is 0 Å². The summed E-state index contributed by atoms with van der Waals surface area (Å²) in [5.41, 5.74) is 6.41. The number of rotatable bonds is 2. The molecule has 1 fully saturated rings. The number of nitrogens with two attached hydrogens (primary N) is 1. The summed E-state index contributed by atoms with van der Waals surface area (Å²) in [7, 11) is 0. The average molecular weight is 247 g/mol. The Morgan fingerprint density at radius 1 is 1.44 bits per heavy atom. The van der Waals surface area contributed by atoms with E-state index in [0.29, 0.717) is 23.2 Å². The first-order chi connectivity index (χ1) is 8.74. The molecule has 3 rings (SSSR count). The Morgan fingerprint density at radius 3 is 3.06 bits per heavy atom. The Balaban J connectivity index is 1.83. The average Bonchev–Trinajstić information content (AvgIpc) is 2.97. The SMILES string of the molecule is CC1CCCC(c2noc(-c3cn[nH]c3N)n2)C1. The van der Waals surface area contributed by atoms with Gasteiger partial charge in [0.2, 0.25) is 0 Å². The van der Waals surface area contributed by atoms with E-state index in [9.17, 15) is 0 Å². The Labute approximate surface area is 105 Å². The molecular formula is C12H17N5O. The lowest BCUT2D eigenvalue weighted by Gasteiger charge is -2.23. The van der Waals surface area contributed by atoms with Crippen LogP contribution in [0.25, 0.3) is 11.5 Å². The van der Waals surface area contributed by atoms with Crippen LogP contribution in [-0.4, -0.2) is 20.3 Å². The Hall–Kier alpha value is -1.85. The first-order valence-electron chi connectivity index (χ1n) is 6.37. The second-order valence-corrected chi connectivity index (χ2v) is 5.12. The molecule has 0 amide bonds. The smallest absolute Gasteiger partial charge is 0.263 e. The van der Waals surface area contributed by atoms with Crippen molar-refractivity contribution in [3.05, 3.63) is 12.0 Å². The van der Waals surface area contributed by atoms with Crippen molar-refractivity contribution in [2.24, 2.45) is 5.92 Å². The predicted octanol–water partition coefficient (Wildman–Crippen LogP) is 2.34. The molecule has 0 aromatic carbocycles. The molecular weight excluding hydrogens is 230 g/mol. The van der Waals surface area contributed by atoms with Gasteiger partial charge in [-0.2, -0.15) is 10.1 Å². The molecule has 3 N–H and O–H groups in total. The number of aromatic nitrogens is 4. The molecule has 0 aliphatic heterocycles. The molecule has 0 radical (unpaired) electrons. The highest BCUT2D eigenvalue weighted by atomic mass is 16.5. The molecule has 2 heterocycles. The van der Waals surface area contributed by atoms with Gasteiger partial charge in [0.1, 0.15) is 11.4 Å². The quantitative estimate of drug-likeness (QED) is 0.849. The molecule has 2 aromatic rings. The van der Waals surface area contributed by atoms with E-state index in [1.54, 1.807) is 6.20 Å². The topological polar surface area (TPSA) is 93.6 Å². The normalized spacial score (nSPS) is 24.3. The number of H-pyrrole nitrogens is 1. The fraction of sp³-hybridized carbons (Fsp3) is 0.583. The van der Waals surface area contributed by atoms with E-state index in [1.165, 1.54) is 12.8 Å². The molecule has 1 saturated carbocycles. The minimum Gasteiger partial charge on any atom is -0.383 e. The van der Waals surface area contributed by atoms with Gasteiger partial charge in [0.25, 0.3) is 5.89 Å². The van der Waals surface area contributed by atoms with Crippen LogP contribution >= 0.6 is 0 Å². The summed E-state index contributed by atoms with van der Waals surface area (Å²) in [6.45, 7) is 2.28. The van der Waals surface area contributed by atoms with Crippen LogP contribution in [0.15, 0.2) is 10.7 Å². The van der Waals surface area contributed by atoms with Crippen LogP contribution in [0.4, 0.5) is 5.82 Å². The maximum absolute atomic E-state index is 5.74. The van der Waals surface area contributed by atoms with E-state index < -0.39 is 0 Å². The van der Waals surface area contributed by atoms with Gasteiger partial charge in [0, 0.05) is 5.92 Å². The highest BCUT2D eigenvalue weighted by Crippen LogP contribution is 2.35. The molecule has 0 spiro atoms. The van der Waals surface area contributed by atoms with E-state index in [2.05, 4.69) is 27.3 Å². The second-order valence-electron chi connectivity index (χ2n) is 5.12. The van der Waals surface area contributed by atoms with Crippen molar-refractivity contribution in [2.75, 3.05) is 5.73 Å². The summed E-state index contributed by atoms with van der Waals surface area (Å²) in [4.78, 5) is 4.45. The molecule has 0 bridgehead atoms. The van der Waals surface area contributed by atoms with Gasteiger partial charge < -0.3 is 10.3 Å². The van der Waals surface area contributed by atoms with Crippen molar-refractivity contribution in [2.45, 2.75) is 38.5 Å². The number of hydrogen-bond donors (Lipinski definition) is 2. The lowest BCUT2D eigenvalue weighted by molar-refractivity contribution is 0.324. The molecule has 1 aliphatic rings. The number of aromatic amines is 1. The van der Waals surface area contributed by atoms with Crippen molar-refractivity contribution in [3.8, 4) is 11.5 Å². The number of nitrogens with zero attached hydrogens (tertiary/aromatic N) is 3. The molecule has 6 nitrogen and oxygen atoms in total. The van der Waals surface area contributed by atoms with Gasteiger partial charge in [-0.3, -0.25) is 5.10 Å². The first kappa shape index (κ1) is 11.3. The van der Waals surface area contributed by atoms with Crippen LogP contribution in [0.5, 0.6) is 0 Å². The van der Waals surface area contributed by atoms with E-state index in [0.717, 1.165) is 24.6 Å². The Bertz CT molecular complexity index is 532. The largest absolute Gasteiger partial charge is 0.383 e. The third-order valence-corrected chi connectivity index (χ3v) is 3.64. The minimum absolute atomic E-state index is 0.416.